The van der Waals surface area contributed by atoms with Crippen molar-refractivity contribution < 1.29 is 8.83 Å². The molecule has 3 aliphatic rings. The summed E-state index contributed by atoms with van der Waals surface area (Å²) in [6.07, 6.45) is 0. The van der Waals surface area contributed by atoms with Crippen molar-refractivity contribution in [3.05, 3.63) is 207 Å². The third kappa shape index (κ3) is 5.25. The van der Waals surface area contributed by atoms with Gasteiger partial charge in [0, 0.05) is 60.3 Å². The van der Waals surface area contributed by atoms with Gasteiger partial charge >= 0.3 is 0 Å². The van der Waals surface area contributed by atoms with E-state index in [-0.39, 0.29) is 16.2 Å². The molecule has 0 bridgehead atoms. The fraction of sp³-hybridized carbons (Fsp3) is 0.194. The Labute approximate surface area is 410 Å². The van der Waals surface area contributed by atoms with E-state index in [1.165, 1.54) is 116 Å². The van der Waals surface area contributed by atoms with Crippen molar-refractivity contribution in [1.29, 1.82) is 0 Å². The van der Waals surface area contributed by atoms with Crippen LogP contribution in [-0.4, -0.2) is 0 Å². The van der Waals surface area contributed by atoms with Crippen LogP contribution in [0, 0.1) is 27.7 Å². The van der Waals surface area contributed by atoms with Crippen LogP contribution in [0.3, 0.4) is 0 Å². The van der Waals surface area contributed by atoms with E-state index in [0.717, 1.165) is 44.7 Å². The van der Waals surface area contributed by atoms with Crippen molar-refractivity contribution in [2.75, 3.05) is 4.90 Å². The molecule has 3 aliphatic carbocycles. The van der Waals surface area contributed by atoms with Crippen LogP contribution in [0.2, 0.25) is 0 Å². The van der Waals surface area contributed by atoms with Gasteiger partial charge in [0.05, 0.1) is 5.69 Å². The molecule has 0 unspecified atom stereocenters. The lowest BCUT2D eigenvalue weighted by Gasteiger charge is -2.33. The van der Waals surface area contributed by atoms with Gasteiger partial charge in [-0.2, -0.15) is 0 Å². The minimum Gasteiger partial charge on any atom is -0.455 e. The van der Waals surface area contributed by atoms with Gasteiger partial charge in [-0.3, -0.25) is 0 Å². The van der Waals surface area contributed by atoms with Crippen LogP contribution in [-0.2, 0) is 16.2 Å². The summed E-state index contributed by atoms with van der Waals surface area (Å²) in [6.45, 7) is 23.5. The van der Waals surface area contributed by atoms with Crippen molar-refractivity contribution in [2.45, 2.75) is 85.5 Å². The summed E-state index contributed by atoms with van der Waals surface area (Å²) in [7, 11) is 0. The molecule has 9 aromatic carbocycles. The van der Waals surface area contributed by atoms with Gasteiger partial charge in [-0.25, -0.2) is 0 Å². The number of anilines is 3. The number of para-hydroxylation sites is 2. The highest BCUT2D eigenvalue weighted by Gasteiger charge is 2.49. The molecule has 0 saturated heterocycles. The minimum absolute atomic E-state index is 0.211. The third-order valence-corrected chi connectivity index (χ3v) is 16.9. The lowest BCUT2D eigenvalue weighted by atomic mass is 9.72. The maximum Gasteiger partial charge on any atom is 0.144 e. The van der Waals surface area contributed by atoms with Crippen molar-refractivity contribution in [2.24, 2.45) is 0 Å². The van der Waals surface area contributed by atoms with Gasteiger partial charge in [-0.1, -0.05) is 162 Å². The number of furan rings is 2. The Kier molecular flexibility index (Phi) is 8.15. The quantitative estimate of drug-likeness (QED) is 0.176. The largest absolute Gasteiger partial charge is 0.455 e. The Morgan fingerprint density at radius 3 is 1.56 bits per heavy atom. The van der Waals surface area contributed by atoms with Gasteiger partial charge in [0.25, 0.3) is 0 Å². The number of fused-ring (bicyclic) bond motifs is 19. The van der Waals surface area contributed by atoms with Crippen molar-refractivity contribution >= 4 is 60.9 Å². The van der Waals surface area contributed by atoms with E-state index in [9.17, 15) is 0 Å². The first-order valence-corrected chi connectivity index (χ1v) is 25.0. The van der Waals surface area contributed by atoms with Crippen LogP contribution < -0.4 is 4.90 Å². The lowest BCUT2D eigenvalue weighted by Crippen LogP contribution is -2.24. The molecule has 340 valence electrons. The molecule has 0 atom stereocenters. The number of aryl methyl sites for hydroxylation is 4. The molecule has 0 radical (unpaired) electrons. The fourth-order valence-electron chi connectivity index (χ4n) is 13.8. The molecule has 0 aliphatic heterocycles. The van der Waals surface area contributed by atoms with Crippen LogP contribution in [0.4, 0.5) is 17.1 Å². The van der Waals surface area contributed by atoms with E-state index in [4.69, 9.17) is 8.83 Å². The molecule has 0 fully saturated rings. The molecular weight excluding hydrogens is 851 g/mol. The molecule has 70 heavy (non-hydrogen) atoms. The van der Waals surface area contributed by atoms with Crippen LogP contribution in [0.5, 0.6) is 0 Å². The second-order valence-corrected chi connectivity index (χ2v) is 22.3. The van der Waals surface area contributed by atoms with Crippen LogP contribution in [0.15, 0.2) is 160 Å². The monoisotopic (exact) mass is 905 g/mol. The van der Waals surface area contributed by atoms with Crippen LogP contribution in [0.1, 0.15) is 97.2 Å². The highest BCUT2D eigenvalue weighted by Crippen LogP contribution is 2.64. The van der Waals surface area contributed by atoms with Crippen molar-refractivity contribution in [1.82, 2.24) is 0 Å². The topological polar surface area (TPSA) is 29.5 Å². The molecule has 3 nitrogen and oxygen atoms in total. The average Bonchev–Trinajstić information content (AvgIpc) is 4.09. The van der Waals surface area contributed by atoms with E-state index in [1.54, 1.807) is 0 Å². The number of nitrogens with zero attached hydrogens (tertiary/aromatic N) is 1. The SMILES string of the molecule is Cc1ccc(-c2cc3c(c4c2oc2ccccc24)-c2ccc(N(c4ccc5c(c4)C(C)(C)c4c6c(c7c(oc8ccccc87)c4-5)-c4ccccc4C6(C)C)c4c(C)cc(C)cc4C)cc2C3(C)C)cc1. The van der Waals surface area contributed by atoms with E-state index >= 15 is 0 Å². The van der Waals surface area contributed by atoms with E-state index in [0.29, 0.717) is 0 Å². The van der Waals surface area contributed by atoms with Crippen molar-refractivity contribution in [3.8, 4) is 44.5 Å². The summed E-state index contributed by atoms with van der Waals surface area (Å²) in [6, 6.07) is 56.8. The standard InChI is InChI=1S/C67H55NO2/c1-36-23-25-40(26-24-36)48-35-52-55(57-46-18-12-15-21-53(46)69-63(48)57)44-29-27-41(33-50(44)65(52,5)6)68(62-38(3)31-37(2)32-39(62)4)42-28-30-45-51(34-42)67(9,10)61-59(45)64-58(47-19-13-16-22-54(47)70-64)56-43-17-11-14-20-49(43)66(7,8)60(56)61/h11-35H,1-10H3. The van der Waals surface area contributed by atoms with E-state index in [2.05, 4.69) is 226 Å². The molecule has 11 aromatic rings. The zero-order valence-electron chi connectivity index (χ0n) is 41.7. The third-order valence-electron chi connectivity index (χ3n) is 16.9. The molecule has 0 saturated carbocycles. The minimum atomic E-state index is -0.338. The molecule has 0 N–H and O–H groups in total. The first-order chi connectivity index (χ1) is 33.6. The Balaban J connectivity index is 1.000. The summed E-state index contributed by atoms with van der Waals surface area (Å²) < 4.78 is 13.9. The van der Waals surface area contributed by atoms with Gasteiger partial charge in [0.2, 0.25) is 0 Å². The van der Waals surface area contributed by atoms with E-state index < -0.39 is 0 Å². The summed E-state index contributed by atoms with van der Waals surface area (Å²) in [4.78, 5) is 2.55. The van der Waals surface area contributed by atoms with E-state index in [1.807, 2.05) is 0 Å². The maximum atomic E-state index is 7.07. The van der Waals surface area contributed by atoms with Gasteiger partial charge in [-0.15, -0.1) is 0 Å². The zero-order valence-corrected chi connectivity index (χ0v) is 41.7. The normalized spacial score (nSPS) is 15.3. The summed E-state index contributed by atoms with van der Waals surface area (Å²) >= 11 is 0. The van der Waals surface area contributed by atoms with Crippen LogP contribution >= 0.6 is 0 Å². The number of benzene rings is 9. The number of rotatable bonds is 4. The Bertz CT molecular complexity index is 4110. The lowest BCUT2D eigenvalue weighted by molar-refractivity contribution is 0.600. The first kappa shape index (κ1) is 41.4. The molecule has 2 aromatic heterocycles. The molecule has 0 spiro atoms. The molecule has 14 rings (SSSR count). The summed E-state index contributed by atoms with van der Waals surface area (Å²) in [5.41, 5.74) is 29.6. The molecule has 3 heteroatoms. The predicted octanol–water partition coefficient (Wildman–Crippen LogP) is 18.8. The number of hydrogen-bond acceptors (Lipinski definition) is 3. The first-order valence-electron chi connectivity index (χ1n) is 25.0. The predicted molar refractivity (Wildman–Crippen MR) is 293 cm³/mol. The second kappa shape index (κ2) is 13.8. The fourth-order valence-corrected chi connectivity index (χ4v) is 13.8. The second-order valence-electron chi connectivity index (χ2n) is 22.3. The summed E-state index contributed by atoms with van der Waals surface area (Å²) in [5, 5.41) is 4.76. The maximum absolute atomic E-state index is 7.07. The Morgan fingerprint density at radius 2 is 0.900 bits per heavy atom. The highest BCUT2D eigenvalue weighted by atomic mass is 16.3. The van der Waals surface area contributed by atoms with Gasteiger partial charge in [0.15, 0.2) is 0 Å². The van der Waals surface area contributed by atoms with Gasteiger partial charge < -0.3 is 13.7 Å². The zero-order chi connectivity index (χ0) is 47.9. The smallest absolute Gasteiger partial charge is 0.144 e. The molecule has 2 heterocycles. The highest BCUT2D eigenvalue weighted by molar-refractivity contribution is 6.21. The van der Waals surface area contributed by atoms with Gasteiger partial charge in [0.1, 0.15) is 22.3 Å². The molecular formula is C67H55NO2. The summed E-state index contributed by atoms with van der Waals surface area (Å²) in [5.74, 6) is 0. The van der Waals surface area contributed by atoms with Gasteiger partial charge in [-0.05, 0) is 148 Å². The molecule has 0 amide bonds. The van der Waals surface area contributed by atoms with Crippen molar-refractivity contribution in [3.63, 3.8) is 0 Å². The van der Waals surface area contributed by atoms with Crippen LogP contribution in [0.25, 0.3) is 88.4 Å². The average molecular weight is 906 g/mol. The Morgan fingerprint density at radius 1 is 0.386 bits per heavy atom. The number of hydrogen-bond donors (Lipinski definition) is 0. The Hall–Kier alpha value is -7.62.